The molecule has 0 aliphatic rings. The Hall–Kier alpha value is -0.570. The van der Waals surface area contributed by atoms with Crippen molar-refractivity contribution >= 4 is 11.6 Å². The van der Waals surface area contributed by atoms with Crippen molar-refractivity contribution in [2.24, 2.45) is 5.41 Å². The molecule has 2 nitrogen and oxygen atoms in total. The lowest BCUT2D eigenvalue weighted by Crippen LogP contribution is -2.41. The number of methoxy groups -OCH3 is 1. The fourth-order valence-corrected chi connectivity index (χ4v) is 2.49. The second-order valence-electron chi connectivity index (χ2n) is 6.01. The largest absolute Gasteiger partial charge is 0.379 e. The minimum Gasteiger partial charge on any atom is -0.379 e. The van der Waals surface area contributed by atoms with Gasteiger partial charge in [-0.25, -0.2) is 0 Å². The summed E-state index contributed by atoms with van der Waals surface area (Å²) in [6.07, 6.45) is 1.21. The smallest absolute Gasteiger partial charge is 0.0814 e. The van der Waals surface area contributed by atoms with Gasteiger partial charge in [-0.05, 0) is 36.1 Å². The van der Waals surface area contributed by atoms with Crippen molar-refractivity contribution in [2.45, 2.75) is 46.3 Å². The molecule has 1 aromatic carbocycles. The standard InChI is InChI=1S/C16H26ClNO/c1-6-11-18-14(15(19-5)16(2,3)4)12-7-9-13(17)10-8-12/h7-10,14-15,18H,6,11H2,1-5H3. The Kier molecular flexibility index (Phi) is 6.31. The molecule has 0 saturated carbocycles. The quantitative estimate of drug-likeness (QED) is 0.833. The lowest BCUT2D eigenvalue weighted by Gasteiger charge is -2.37. The van der Waals surface area contributed by atoms with Crippen LogP contribution < -0.4 is 5.32 Å². The average molecular weight is 284 g/mol. The first-order valence-electron chi connectivity index (χ1n) is 6.91. The molecule has 0 saturated heterocycles. The predicted octanol–water partition coefficient (Wildman–Crippen LogP) is 4.44. The van der Waals surface area contributed by atoms with Gasteiger partial charge in [-0.3, -0.25) is 0 Å². The Morgan fingerprint density at radius 2 is 1.79 bits per heavy atom. The van der Waals surface area contributed by atoms with Gasteiger partial charge in [0, 0.05) is 12.1 Å². The summed E-state index contributed by atoms with van der Waals surface area (Å²) in [6.45, 7) is 9.77. The molecule has 0 amide bonds. The van der Waals surface area contributed by atoms with E-state index in [4.69, 9.17) is 16.3 Å². The van der Waals surface area contributed by atoms with Gasteiger partial charge in [-0.1, -0.05) is 51.4 Å². The zero-order chi connectivity index (χ0) is 14.5. The van der Waals surface area contributed by atoms with Gasteiger partial charge in [0.05, 0.1) is 12.1 Å². The zero-order valence-electron chi connectivity index (χ0n) is 12.7. The van der Waals surface area contributed by atoms with E-state index in [-0.39, 0.29) is 17.6 Å². The van der Waals surface area contributed by atoms with Crippen LogP contribution in [0.2, 0.25) is 5.02 Å². The summed E-state index contributed by atoms with van der Waals surface area (Å²) in [5, 5.41) is 4.36. The van der Waals surface area contributed by atoms with Gasteiger partial charge in [-0.15, -0.1) is 0 Å². The lowest BCUT2D eigenvalue weighted by molar-refractivity contribution is -0.0119. The second-order valence-corrected chi connectivity index (χ2v) is 6.44. The minimum atomic E-state index is 0.0692. The van der Waals surface area contributed by atoms with Crippen LogP contribution in [0.25, 0.3) is 0 Å². The van der Waals surface area contributed by atoms with Crippen molar-refractivity contribution in [3.05, 3.63) is 34.9 Å². The van der Waals surface area contributed by atoms with Crippen LogP contribution in [0.3, 0.4) is 0 Å². The van der Waals surface area contributed by atoms with Crippen molar-refractivity contribution < 1.29 is 4.74 Å². The molecule has 2 unspecified atom stereocenters. The summed E-state index contributed by atoms with van der Waals surface area (Å²) in [6, 6.07) is 8.21. The third kappa shape index (κ3) is 4.79. The highest BCUT2D eigenvalue weighted by atomic mass is 35.5. The minimum absolute atomic E-state index is 0.0692. The fourth-order valence-electron chi connectivity index (χ4n) is 2.36. The summed E-state index contributed by atoms with van der Waals surface area (Å²) in [5.74, 6) is 0. The Morgan fingerprint density at radius 1 is 1.21 bits per heavy atom. The van der Waals surface area contributed by atoms with Gasteiger partial charge in [0.2, 0.25) is 0 Å². The first-order chi connectivity index (χ1) is 8.90. The molecule has 108 valence electrons. The van der Waals surface area contributed by atoms with E-state index in [1.54, 1.807) is 7.11 Å². The van der Waals surface area contributed by atoms with E-state index in [1.807, 2.05) is 12.1 Å². The van der Waals surface area contributed by atoms with Crippen molar-refractivity contribution in [3.8, 4) is 0 Å². The van der Waals surface area contributed by atoms with Crippen LogP contribution >= 0.6 is 11.6 Å². The van der Waals surface area contributed by atoms with Crippen molar-refractivity contribution in [3.63, 3.8) is 0 Å². The average Bonchev–Trinajstić information content (AvgIpc) is 2.34. The number of nitrogens with one attached hydrogen (secondary N) is 1. The monoisotopic (exact) mass is 283 g/mol. The summed E-state index contributed by atoms with van der Waals surface area (Å²) in [5.41, 5.74) is 1.29. The molecule has 0 radical (unpaired) electrons. The van der Waals surface area contributed by atoms with Gasteiger partial charge < -0.3 is 10.1 Å². The molecule has 0 aromatic heterocycles. The predicted molar refractivity (Wildman–Crippen MR) is 82.7 cm³/mol. The van der Waals surface area contributed by atoms with Crippen LogP contribution in [0.1, 0.15) is 45.7 Å². The topological polar surface area (TPSA) is 21.3 Å². The summed E-state index contributed by atoms with van der Waals surface area (Å²) >= 11 is 5.97. The van der Waals surface area contributed by atoms with E-state index in [0.717, 1.165) is 18.0 Å². The Morgan fingerprint density at radius 3 is 2.21 bits per heavy atom. The van der Waals surface area contributed by atoms with Gasteiger partial charge in [0.25, 0.3) is 0 Å². The Bertz CT molecular complexity index is 369. The number of ether oxygens (including phenoxy) is 1. The van der Waals surface area contributed by atoms with Crippen LogP contribution in [-0.4, -0.2) is 19.8 Å². The molecule has 0 aliphatic heterocycles. The number of hydrogen-bond acceptors (Lipinski definition) is 2. The molecule has 3 heteroatoms. The molecule has 0 bridgehead atoms. The number of rotatable bonds is 6. The van der Waals surface area contributed by atoms with E-state index in [1.165, 1.54) is 5.56 Å². The first-order valence-corrected chi connectivity index (χ1v) is 7.29. The van der Waals surface area contributed by atoms with Gasteiger partial charge >= 0.3 is 0 Å². The van der Waals surface area contributed by atoms with E-state index >= 15 is 0 Å². The van der Waals surface area contributed by atoms with E-state index < -0.39 is 0 Å². The molecule has 2 atom stereocenters. The molecule has 0 aliphatic carbocycles. The number of halogens is 1. The Balaban J connectivity index is 3.02. The molecular formula is C16H26ClNO. The summed E-state index contributed by atoms with van der Waals surface area (Å²) in [7, 11) is 1.78. The third-order valence-electron chi connectivity index (χ3n) is 3.25. The molecule has 1 aromatic rings. The highest BCUT2D eigenvalue weighted by molar-refractivity contribution is 6.30. The first kappa shape index (κ1) is 16.5. The van der Waals surface area contributed by atoms with E-state index in [9.17, 15) is 0 Å². The maximum Gasteiger partial charge on any atom is 0.0814 e. The number of hydrogen-bond donors (Lipinski definition) is 1. The van der Waals surface area contributed by atoms with Crippen LogP contribution in [0, 0.1) is 5.41 Å². The molecule has 1 rings (SSSR count). The van der Waals surface area contributed by atoms with Gasteiger partial charge in [0.15, 0.2) is 0 Å². The molecule has 19 heavy (non-hydrogen) atoms. The zero-order valence-corrected chi connectivity index (χ0v) is 13.4. The maximum atomic E-state index is 5.97. The maximum absolute atomic E-state index is 5.97. The molecule has 1 N–H and O–H groups in total. The van der Waals surface area contributed by atoms with Crippen LogP contribution in [-0.2, 0) is 4.74 Å². The van der Waals surface area contributed by atoms with E-state index in [0.29, 0.717) is 0 Å². The molecule has 0 spiro atoms. The van der Waals surface area contributed by atoms with Gasteiger partial charge in [0.1, 0.15) is 0 Å². The highest BCUT2D eigenvalue weighted by Crippen LogP contribution is 2.32. The molecular weight excluding hydrogens is 258 g/mol. The SMILES string of the molecule is CCCNC(c1ccc(Cl)cc1)C(OC)C(C)(C)C. The Labute approximate surface area is 122 Å². The normalized spacial score (nSPS) is 15.3. The van der Waals surface area contributed by atoms with Crippen molar-refractivity contribution in [2.75, 3.05) is 13.7 Å². The molecule has 0 heterocycles. The lowest BCUT2D eigenvalue weighted by atomic mass is 9.82. The van der Waals surface area contributed by atoms with E-state index in [2.05, 4.69) is 45.1 Å². The number of benzene rings is 1. The van der Waals surface area contributed by atoms with Crippen LogP contribution in [0.5, 0.6) is 0 Å². The summed E-state index contributed by atoms with van der Waals surface area (Å²) < 4.78 is 5.76. The van der Waals surface area contributed by atoms with Crippen LogP contribution in [0.4, 0.5) is 0 Å². The fraction of sp³-hybridized carbons (Fsp3) is 0.625. The van der Waals surface area contributed by atoms with Crippen molar-refractivity contribution in [1.82, 2.24) is 5.32 Å². The van der Waals surface area contributed by atoms with Crippen molar-refractivity contribution in [1.29, 1.82) is 0 Å². The highest BCUT2D eigenvalue weighted by Gasteiger charge is 2.32. The second kappa shape index (κ2) is 7.28. The van der Waals surface area contributed by atoms with Crippen LogP contribution in [0.15, 0.2) is 24.3 Å². The van der Waals surface area contributed by atoms with Gasteiger partial charge in [-0.2, -0.15) is 0 Å². The third-order valence-corrected chi connectivity index (χ3v) is 3.51. The molecule has 0 fully saturated rings. The summed E-state index contributed by atoms with van der Waals surface area (Å²) in [4.78, 5) is 0.